The zero-order valence-electron chi connectivity index (χ0n) is 10.5. The summed E-state index contributed by atoms with van der Waals surface area (Å²) in [5.74, 6) is 1.10. The summed E-state index contributed by atoms with van der Waals surface area (Å²) in [5.41, 5.74) is 1.11. The summed E-state index contributed by atoms with van der Waals surface area (Å²) in [7, 11) is 0. The Bertz CT molecular complexity index is 387. The van der Waals surface area contributed by atoms with Gasteiger partial charge in [-0.3, -0.25) is 0 Å². The third-order valence-electron chi connectivity index (χ3n) is 2.80. The number of nitrogens with one attached hydrogen (secondary N) is 1. The molecule has 0 radical (unpaired) electrons. The van der Waals surface area contributed by atoms with Crippen molar-refractivity contribution in [2.24, 2.45) is 0 Å². The second-order valence-corrected chi connectivity index (χ2v) is 5.24. The molecule has 3 nitrogen and oxygen atoms in total. The van der Waals surface area contributed by atoms with E-state index in [4.69, 9.17) is 4.74 Å². The van der Waals surface area contributed by atoms with Crippen molar-refractivity contribution in [1.29, 1.82) is 0 Å². The smallest absolute Gasteiger partial charge is 0.109 e. The molecule has 0 aliphatic carbocycles. The van der Waals surface area contributed by atoms with Crippen molar-refractivity contribution in [2.45, 2.75) is 39.2 Å². The molecule has 0 amide bonds. The summed E-state index contributed by atoms with van der Waals surface area (Å²) in [5, 5.41) is 6.77. The lowest BCUT2D eigenvalue weighted by Gasteiger charge is -2.23. The lowest BCUT2D eigenvalue weighted by molar-refractivity contribution is 0.167. The second kappa shape index (κ2) is 6.17. The molecule has 0 spiro atoms. The van der Waals surface area contributed by atoms with Crippen LogP contribution in [0, 0.1) is 6.92 Å². The summed E-state index contributed by atoms with van der Waals surface area (Å²) in [6.45, 7) is 5.97. The van der Waals surface area contributed by atoms with Gasteiger partial charge >= 0.3 is 0 Å². The number of likely N-dealkylation sites (N-methyl/N-ethyl adjacent to an activating group) is 1. The second-order valence-electron chi connectivity index (χ2n) is 4.29. The van der Waals surface area contributed by atoms with Crippen LogP contribution in [0.5, 0.6) is 0 Å². The number of nitrogens with zero attached hydrogens (tertiary/aromatic N) is 1. The Kier molecular flexibility index (Phi) is 4.57. The maximum Gasteiger partial charge on any atom is 0.109 e. The Morgan fingerprint density at radius 1 is 1.59 bits per heavy atom. The van der Waals surface area contributed by atoms with Gasteiger partial charge in [0.1, 0.15) is 5.76 Å². The highest BCUT2D eigenvalue weighted by Crippen LogP contribution is 2.19. The molecular weight excluding hydrogens is 232 g/mol. The van der Waals surface area contributed by atoms with Crippen molar-refractivity contribution in [2.75, 3.05) is 13.2 Å². The number of hydrogen-bond acceptors (Lipinski definition) is 4. The van der Waals surface area contributed by atoms with E-state index >= 15 is 0 Å². The van der Waals surface area contributed by atoms with Crippen molar-refractivity contribution in [3.63, 3.8) is 0 Å². The quantitative estimate of drug-likeness (QED) is 0.875. The number of rotatable bonds is 5. The third kappa shape index (κ3) is 3.54. The summed E-state index contributed by atoms with van der Waals surface area (Å²) in [6.07, 6.45) is 5.42. The van der Waals surface area contributed by atoms with Crippen LogP contribution in [0.1, 0.15) is 30.5 Å². The van der Waals surface area contributed by atoms with E-state index in [9.17, 15) is 0 Å². The molecule has 4 heteroatoms. The van der Waals surface area contributed by atoms with Crippen LogP contribution in [0.25, 0.3) is 0 Å². The van der Waals surface area contributed by atoms with E-state index < -0.39 is 0 Å². The number of thiazole rings is 1. The molecule has 0 saturated heterocycles. The molecule has 1 aromatic rings. The molecule has 1 N–H and O–H groups in total. The largest absolute Gasteiger partial charge is 0.497 e. The fourth-order valence-electron chi connectivity index (χ4n) is 2.01. The molecule has 17 heavy (non-hydrogen) atoms. The Balaban J connectivity index is 2.03. The third-order valence-corrected chi connectivity index (χ3v) is 3.79. The molecule has 94 valence electrons. The molecule has 1 aromatic heterocycles. The van der Waals surface area contributed by atoms with Gasteiger partial charge < -0.3 is 10.1 Å². The van der Waals surface area contributed by atoms with Crippen molar-refractivity contribution in [1.82, 2.24) is 10.3 Å². The molecule has 0 bridgehead atoms. The van der Waals surface area contributed by atoms with E-state index in [1.54, 1.807) is 11.3 Å². The Morgan fingerprint density at radius 2 is 2.47 bits per heavy atom. The zero-order chi connectivity index (χ0) is 12.1. The minimum Gasteiger partial charge on any atom is -0.497 e. The first-order chi connectivity index (χ1) is 8.29. The number of hydrogen-bond donors (Lipinski definition) is 1. The Morgan fingerprint density at radius 3 is 3.06 bits per heavy atom. The number of allylic oxidation sites excluding steroid dienone is 1. The number of aryl methyl sites for hydroxylation is 1. The fraction of sp³-hybridized carbons (Fsp3) is 0.615. The van der Waals surface area contributed by atoms with Crippen molar-refractivity contribution >= 4 is 11.3 Å². The summed E-state index contributed by atoms with van der Waals surface area (Å²) in [4.78, 5) is 4.52. The topological polar surface area (TPSA) is 34.2 Å². The molecule has 1 atom stereocenters. The van der Waals surface area contributed by atoms with E-state index in [0.717, 1.165) is 43.9 Å². The molecule has 1 aliphatic heterocycles. The van der Waals surface area contributed by atoms with E-state index in [1.807, 2.05) is 6.92 Å². The highest BCUT2D eigenvalue weighted by Gasteiger charge is 2.18. The molecule has 1 unspecified atom stereocenters. The first-order valence-electron chi connectivity index (χ1n) is 6.27. The van der Waals surface area contributed by atoms with Gasteiger partial charge in [-0.25, -0.2) is 4.98 Å². The van der Waals surface area contributed by atoms with Crippen molar-refractivity contribution in [3.8, 4) is 0 Å². The van der Waals surface area contributed by atoms with Gasteiger partial charge in [0, 0.05) is 17.5 Å². The van der Waals surface area contributed by atoms with Crippen LogP contribution in [0.15, 0.2) is 17.2 Å². The van der Waals surface area contributed by atoms with Gasteiger partial charge in [0.25, 0.3) is 0 Å². The molecule has 2 heterocycles. The van der Waals surface area contributed by atoms with Gasteiger partial charge in [-0.2, -0.15) is 0 Å². The van der Waals surface area contributed by atoms with Crippen LogP contribution < -0.4 is 5.32 Å². The number of ether oxygens (including phenoxy) is 1. The predicted octanol–water partition coefficient (Wildman–Crippen LogP) is 2.67. The Labute approximate surface area is 107 Å². The molecule has 0 aromatic carbocycles. The normalized spacial score (nSPS) is 17.4. The molecular formula is C13H20N2OS. The first kappa shape index (κ1) is 12.6. The lowest BCUT2D eigenvalue weighted by atomic mass is 10.1. The van der Waals surface area contributed by atoms with Gasteiger partial charge in [-0.15, -0.1) is 11.3 Å². The predicted molar refractivity (Wildman–Crippen MR) is 71.3 cm³/mol. The minimum absolute atomic E-state index is 0.283. The van der Waals surface area contributed by atoms with E-state index in [2.05, 4.69) is 28.7 Å². The highest BCUT2D eigenvalue weighted by molar-refractivity contribution is 7.09. The summed E-state index contributed by atoms with van der Waals surface area (Å²) in [6, 6.07) is 0.283. The Hall–Kier alpha value is -0.870. The first-order valence-corrected chi connectivity index (χ1v) is 7.14. The van der Waals surface area contributed by atoms with Crippen LogP contribution in [-0.4, -0.2) is 24.2 Å². The van der Waals surface area contributed by atoms with Gasteiger partial charge in [-0.1, -0.05) is 6.92 Å². The van der Waals surface area contributed by atoms with Crippen molar-refractivity contribution in [3.05, 3.63) is 27.9 Å². The average molecular weight is 252 g/mol. The van der Waals surface area contributed by atoms with Crippen LogP contribution >= 0.6 is 11.3 Å². The van der Waals surface area contributed by atoms with Crippen LogP contribution in [0.2, 0.25) is 0 Å². The highest BCUT2D eigenvalue weighted by atomic mass is 32.1. The van der Waals surface area contributed by atoms with Crippen LogP contribution in [-0.2, 0) is 11.2 Å². The SMILES string of the molecule is CCNC(Cc1nc(C)cs1)C1=CCCCO1. The van der Waals surface area contributed by atoms with E-state index in [1.165, 1.54) is 5.01 Å². The summed E-state index contributed by atoms with van der Waals surface area (Å²) >= 11 is 1.73. The molecule has 0 fully saturated rings. The molecule has 1 aliphatic rings. The molecule has 0 saturated carbocycles. The van der Waals surface area contributed by atoms with Gasteiger partial charge in [0.2, 0.25) is 0 Å². The zero-order valence-corrected chi connectivity index (χ0v) is 11.3. The fourth-order valence-corrected chi connectivity index (χ4v) is 2.83. The molecule has 2 rings (SSSR count). The number of aromatic nitrogens is 1. The van der Waals surface area contributed by atoms with Gasteiger partial charge in [0.15, 0.2) is 0 Å². The average Bonchev–Trinajstić information content (AvgIpc) is 2.75. The maximum atomic E-state index is 5.75. The van der Waals surface area contributed by atoms with E-state index in [0.29, 0.717) is 0 Å². The summed E-state index contributed by atoms with van der Waals surface area (Å²) < 4.78 is 5.75. The van der Waals surface area contributed by atoms with Gasteiger partial charge in [0.05, 0.1) is 17.7 Å². The van der Waals surface area contributed by atoms with Crippen LogP contribution in [0.4, 0.5) is 0 Å². The minimum atomic E-state index is 0.283. The van der Waals surface area contributed by atoms with Crippen LogP contribution in [0.3, 0.4) is 0 Å². The monoisotopic (exact) mass is 252 g/mol. The van der Waals surface area contributed by atoms with Crippen molar-refractivity contribution < 1.29 is 4.74 Å². The van der Waals surface area contributed by atoms with E-state index in [-0.39, 0.29) is 6.04 Å². The maximum absolute atomic E-state index is 5.75. The lowest BCUT2D eigenvalue weighted by Crippen LogP contribution is -2.34. The van der Waals surface area contributed by atoms with Gasteiger partial charge in [-0.05, 0) is 32.4 Å². The standard InChI is InChI=1S/C13H20N2OS/c1-3-14-11(12-6-4-5-7-16-12)8-13-15-10(2)9-17-13/h6,9,11,14H,3-5,7-8H2,1-2H3.